The Bertz CT molecular complexity index is 445. The topological polar surface area (TPSA) is 44.0 Å². The van der Waals surface area contributed by atoms with E-state index in [1.807, 2.05) is 34.6 Å². The van der Waals surface area contributed by atoms with Gasteiger partial charge >= 0.3 is 10.6 Å². The SMILES string of the molecule is CC(C)Cn1c(=O)sn(C(C)(C)C)c1=O. The first-order chi connectivity index (χ1) is 6.73. The molecule has 0 aliphatic heterocycles. The van der Waals surface area contributed by atoms with Crippen molar-refractivity contribution >= 4 is 11.5 Å². The number of nitrogens with zero attached hydrogens (tertiary/aromatic N) is 2. The summed E-state index contributed by atoms with van der Waals surface area (Å²) in [7, 11) is 0. The molecule has 0 atom stereocenters. The molecule has 0 amide bonds. The monoisotopic (exact) mass is 230 g/mol. The predicted octanol–water partition coefficient (Wildman–Crippen LogP) is 1.48. The molecule has 0 radical (unpaired) electrons. The first kappa shape index (κ1) is 12.2. The molecule has 1 aromatic rings. The van der Waals surface area contributed by atoms with Gasteiger partial charge < -0.3 is 0 Å². The fourth-order valence-electron chi connectivity index (χ4n) is 1.30. The van der Waals surface area contributed by atoms with Crippen LogP contribution in [0.1, 0.15) is 34.6 Å². The van der Waals surface area contributed by atoms with Crippen LogP contribution in [0.2, 0.25) is 0 Å². The highest BCUT2D eigenvalue weighted by Gasteiger charge is 2.20. The molecule has 0 N–H and O–H groups in total. The lowest BCUT2D eigenvalue weighted by molar-refractivity contribution is 0.396. The van der Waals surface area contributed by atoms with Crippen LogP contribution in [0.15, 0.2) is 9.59 Å². The highest BCUT2D eigenvalue weighted by molar-refractivity contribution is 7.03. The molecular formula is C10H18N2O2S. The second-order valence-corrected chi connectivity index (χ2v) is 6.01. The molecule has 0 aliphatic carbocycles. The van der Waals surface area contributed by atoms with Gasteiger partial charge in [0.2, 0.25) is 0 Å². The minimum Gasteiger partial charge on any atom is -0.255 e. The van der Waals surface area contributed by atoms with Crippen LogP contribution in [0.4, 0.5) is 0 Å². The molecule has 0 unspecified atom stereocenters. The van der Waals surface area contributed by atoms with Crippen molar-refractivity contribution in [2.45, 2.75) is 46.7 Å². The fraction of sp³-hybridized carbons (Fsp3) is 0.800. The molecule has 0 aromatic carbocycles. The summed E-state index contributed by atoms with van der Waals surface area (Å²) >= 11 is 1.00. The first-order valence-electron chi connectivity index (χ1n) is 5.07. The van der Waals surface area contributed by atoms with E-state index in [4.69, 9.17) is 0 Å². The predicted molar refractivity (Wildman–Crippen MR) is 62.7 cm³/mol. The molecular weight excluding hydrogens is 212 g/mol. The van der Waals surface area contributed by atoms with Gasteiger partial charge in [0, 0.05) is 18.1 Å². The Morgan fingerprint density at radius 2 is 1.80 bits per heavy atom. The summed E-state index contributed by atoms with van der Waals surface area (Å²) in [5.74, 6) is 0.304. The number of hydrogen-bond acceptors (Lipinski definition) is 3. The summed E-state index contributed by atoms with van der Waals surface area (Å²) in [5, 5.41) is 0. The zero-order valence-electron chi connectivity index (χ0n) is 9.90. The molecule has 0 spiro atoms. The van der Waals surface area contributed by atoms with Crippen molar-refractivity contribution in [2.24, 2.45) is 5.92 Å². The zero-order valence-corrected chi connectivity index (χ0v) is 10.7. The standard InChI is InChI=1S/C10H18N2O2S/c1-7(2)6-11-8(13)12(10(3,4)5)15-9(11)14/h7H,6H2,1-5H3. The Hall–Kier alpha value is -0.840. The zero-order chi connectivity index (χ0) is 11.8. The molecule has 0 fully saturated rings. The van der Waals surface area contributed by atoms with Crippen molar-refractivity contribution < 1.29 is 0 Å². The number of hydrogen-bond donors (Lipinski definition) is 0. The summed E-state index contributed by atoms with van der Waals surface area (Å²) in [6.07, 6.45) is 0. The Kier molecular flexibility index (Phi) is 3.23. The van der Waals surface area contributed by atoms with Gasteiger partial charge in [-0.15, -0.1) is 0 Å². The minimum absolute atomic E-state index is 0.163. The highest BCUT2D eigenvalue weighted by Crippen LogP contribution is 2.11. The second kappa shape index (κ2) is 3.96. The van der Waals surface area contributed by atoms with Gasteiger partial charge in [-0.25, -0.2) is 13.3 Å². The summed E-state index contributed by atoms with van der Waals surface area (Å²) in [5.41, 5.74) is -0.505. The third-order valence-electron chi connectivity index (χ3n) is 1.95. The summed E-state index contributed by atoms with van der Waals surface area (Å²) in [4.78, 5) is 23.3. The highest BCUT2D eigenvalue weighted by atomic mass is 32.1. The van der Waals surface area contributed by atoms with Gasteiger partial charge in [0.1, 0.15) is 0 Å². The third kappa shape index (κ3) is 2.59. The molecule has 0 aliphatic rings. The fourth-order valence-corrected chi connectivity index (χ4v) is 2.15. The van der Waals surface area contributed by atoms with Crippen molar-refractivity contribution in [3.63, 3.8) is 0 Å². The van der Waals surface area contributed by atoms with Crippen molar-refractivity contribution in [3.8, 4) is 0 Å². The van der Waals surface area contributed by atoms with Crippen LogP contribution in [0, 0.1) is 5.92 Å². The molecule has 1 aromatic heterocycles. The Labute approximate surface area is 93.3 Å². The smallest absolute Gasteiger partial charge is 0.255 e. The molecule has 0 bridgehead atoms. The van der Waals surface area contributed by atoms with Crippen molar-refractivity contribution in [1.82, 2.24) is 8.52 Å². The molecule has 86 valence electrons. The van der Waals surface area contributed by atoms with E-state index < -0.39 is 0 Å². The first-order valence-corrected chi connectivity index (χ1v) is 5.84. The largest absolute Gasteiger partial charge is 0.341 e. The second-order valence-electron chi connectivity index (χ2n) is 5.11. The molecule has 1 rings (SSSR count). The molecule has 1 heterocycles. The van der Waals surface area contributed by atoms with Crippen LogP contribution < -0.4 is 10.6 Å². The summed E-state index contributed by atoms with van der Waals surface area (Å²) < 4.78 is 2.86. The lowest BCUT2D eigenvalue weighted by Crippen LogP contribution is -2.36. The van der Waals surface area contributed by atoms with Gasteiger partial charge in [-0.05, 0) is 26.7 Å². The Balaban J connectivity index is 3.28. The van der Waals surface area contributed by atoms with E-state index in [1.165, 1.54) is 8.52 Å². The molecule has 5 heteroatoms. The van der Waals surface area contributed by atoms with Crippen LogP contribution in [0.25, 0.3) is 0 Å². The van der Waals surface area contributed by atoms with Crippen molar-refractivity contribution in [1.29, 1.82) is 0 Å². The van der Waals surface area contributed by atoms with Crippen LogP contribution in [0.3, 0.4) is 0 Å². The van der Waals surface area contributed by atoms with E-state index in [0.29, 0.717) is 12.5 Å². The lowest BCUT2D eigenvalue weighted by atomic mass is 10.1. The normalized spacial score (nSPS) is 12.4. The van der Waals surface area contributed by atoms with E-state index in [1.54, 1.807) is 0 Å². The maximum absolute atomic E-state index is 11.9. The van der Waals surface area contributed by atoms with E-state index in [0.717, 1.165) is 11.5 Å². The molecule has 0 saturated heterocycles. The molecule has 4 nitrogen and oxygen atoms in total. The van der Waals surface area contributed by atoms with Gasteiger partial charge in [-0.3, -0.25) is 4.79 Å². The van der Waals surface area contributed by atoms with Crippen LogP contribution >= 0.6 is 11.5 Å². The van der Waals surface area contributed by atoms with E-state index in [9.17, 15) is 9.59 Å². The number of rotatable bonds is 2. The van der Waals surface area contributed by atoms with Crippen molar-refractivity contribution in [3.05, 3.63) is 20.2 Å². The van der Waals surface area contributed by atoms with Gasteiger partial charge in [0.15, 0.2) is 0 Å². The third-order valence-corrected chi connectivity index (χ3v) is 3.21. The van der Waals surface area contributed by atoms with E-state index >= 15 is 0 Å². The molecule has 0 saturated carbocycles. The van der Waals surface area contributed by atoms with Gasteiger partial charge in [0.25, 0.3) is 0 Å². The number of aromatic nitrogens is 2. The summed E-state index contributed by atoms with van der Waals surface area (Å²) in [6, 6.07) is 0. The molecule has 15 heavy (non-hydrogen) atoms. The van der Waals surface area contributed by atoms with E-state index in [-0.39, 0.29) is 16.1 Å². The van der Waals surface area contributed by atoms with Crippen LogP contribution in [-0.2, 0) is 12.1 Å². The maximum atomic E-state index is 11.9. The summed E-state index contributed by atoms with van der Waals surface area (Å²) in [6.45, 7) is 10.2. The van der Waals surface area contributed by atoms with Crippen LogP contribution in [0.5, 0.6) is 0 Å². The Morgan fingerprint density at radius 1 is 1.27 bits per heavy atom. The van der Waals surface area contributed by atoms with Gasteiger partial charge in [-0.2, -0.15) is 0 Å². The Morgan fingerprint density at radius 3 is 2.13 bits per heavy atom. The van der Waals surface area contributed by atoms with Crippen molar-refractivity contribution in [2.75, 3.05) is 0 Å². The van der Waals surface area contributed by atoms with E-state index in [2.05, 4.69) is 0 Å². The van der Waals surface area contributed by atoms with Crippen LogP contribution in [-0.4, -0.2) is 8.52 Å². The van der Waals surface area contributed by atoms with Gasteiger partial charge in [-0.1, -0.05) is 13.8 Å². The van der Waals surface area contributed by atoms with Gasteiger partial charge in [0.05, 0.1) is 5.54 Å². The lowest BCUT2D eigenvalue weighted by Gasteiger charge is -2.17. The quantitative estimate of drug-likeness (QED) is 0.772. The maximum Gasteiger partial charge on any atom is 0.341 e. The average molecular weight is 230 g/mol. The average Bonchev–Trinajstić information content (AvgIpc) is 2.30. The minimum atomic E-state index is -0.316.